The van der Waals surface area contributed by atoms with Crippen LogP contribution < -0.4 is 0 Å². The van der Waals surface area contributed by atoms with Gasteiger partial charge in [0.2, 0.25) is 0 Å². The summed E-state index contributed by atoms with van der Waals surface area (Å²) in [4.78, 5) is 0. The van der Waals surface area contributed by atoms with E-state index in [0.717, 1.165) is 12.3 Å². The van der Waals surface area contributed by atoms with E-state index in [9.17, 15) is 0 Å². The fourth-order valence-corrected chi connectivity index (χ4v) is 1.57. The summed E-state index contributed by atoms with van der Waals surface area (Å²) in [6.07, 6.45) is 8.98. The Kier molecular flexibility index (Phi) is 17.9. The molecule has 1 atom stereocenters. The van der Waals surface area contributed by atoms with Crippen molar-refractivity contribution in [3.63, 3.8) is 0 Å². The molecule has 19 heavy (non-hydrogen) atoms. The first-order valence-electron chi connectivity index (χ1n) is 7.60. The molecular formula is C15H35BO3. The number of ether oxygens (including phenoxy) is 1. The van der Waals surface area contributed by atoms with E-state index < -0.39 is 0 Å². The monoisotopic (exact) mass is 274 g/mol. The van der Waals surface area contributed by atoms with Crippen LogP contribution in [0.15, 0.2) is 0 Å². The van der Waals surface area contributed by atoms with E-state index >= 15 is 0 Å². The van der Waals surface area contributed by atoms with E-state index in [0.29, 0.717) is 6.10 Å². The molecular weight excluding hydrogens is 239 g/mol. The van der Waals surface area contributed by atoms with Crippen LogP contribution in [0.3, 0.4) is 0 Å². The minimum absolute atomic E-state index is 0.0648. The van der Waals surface area contributed by atoms with E-state index in [-0.39, 0.29) is 7.12 Å². The Labute approximate surface area is 121 Å². The molecule has 1 aliphatic rings. The zero-order valence-corrected chi connectivity index (χ0v) is 14.2. The van der Waals surface area contributed by atoms with Crippen molar-refractivity contribution in [3.8, 4) is 0 Å². The summed E-state index contributed by atoms with van der Waals surface area (Å²) < 4.78 is 14.3. The molecule has 0 radical (unpaired) electrons. The minimum atomic E-state index is -0.0648. The van der Waals surface area contributed by atoms with Crippen LogP contribution >= 0.6 is 0 Å². The molecule has 1 aliphatic carbocycles. The highest BCUT2D eigenvalue weighted by Crippen LogP contribution is 2.22. The molecule has 1 fully saturated rings. The highest BCUT2D eigenvalue weighted by Gasteiger charge is 2.05. The third kappa shape index (κ3) is 17.9. The second-order valence-corrected chi connectivity index (χ2v) is 5.24. The summed E-state index contributed by atoms with van der Waals surface area (Å²) in [7, 11) is 4.88. The van der Waals surface area contributed by atoms with Crippen LogP contribution in [0.2, 0.25) is 6.82 Å². The van der Waals surface area contributed by atoms with E-state index in [2.05, 4.69) is 30.1 Å². The lowest BCUT2D eigenvalue weighted by Gasteiger charge is -2.15. The van der Waals surface area contributed by atoms with Crippen molar-refractivity contribution in [2.45, 2.75) is 72.2 Å². The van der Waals surface area contributed by atoms with Crippen LogP contribution in [0.4, 0.5) is 0 Å². The highest BCUT2D eigenvalue weighted by atomic mass is 16.6. The van der Waals surface area contributed by atoms with Crippen LogP contribution in [-0.4, -0.2) is 34.6 Å². The first-order valence-corrected chi connectivity index (χ1v) is 7.60. The smallest absolute Gasteiger partial charge is 0.414 e. The van der Waals surface area contributed by atoms with Crippen molar-refractivity contribution in [3.05, 3.63) is 0 Å². The standard InChI is InChI=1S/C7H14.C5H12O.C3H9BO2/c1-7-5-3-2-4-6-7;1-4-5(2)6-3;1-4(5-2)6-3/h7H,2-6H2,1H3;5H,4H2,1-3H3;1-3H3. The Morgan fingerprint density at radius 3 is 1.63 bits per heavy atom. The fraction of sp³-hybridized carbons (Fsp3) is 1.00. The summed E-state index contributed by atoms with van der Waals surface area (Å²) in [5, 5.41) is 0. The molecule has 0 saturated heterocycles. The number of rotatable bonds is 4. The lowest BCUT2D eigenvalue weighted by Crippen LogP contribution is -2.12. The summed E-state index contributed by atoms with van der Waals surface area (Å²) in [6.45, 7) is 8.35. The molecule has 0 aliphatic heterocycles. The fourth-order valence-electron chi connectivity index (χ4n) is 1.57. The third-order valence-corrected chi connectivity index (χ3v) is 3.53. The van der Waals surface area contributed by atoms with Gasteiger partial charge in [-0.3, -0.25) is 0 Å². The number of methoxy groups -OCH3 is 1. The molecule has 3 nitrogen and oxygen atoms in total. The number of hydrogen-bond acceptors (Lipinski definition) is 3. The Bertz CT molecular complexity index is 143. The molecule has 0 aromatic rings. The lowest BCUT2D eigenvalue weighted by molar-refractivity contribution is 0.115. The Morgan fingerprint density at radius 2 is 1.53 bits per heavy atom. The molecule has 116 valence electrons. The average Bonchev–Trinajstić information content (AvgIpc) is 2.47. The molecule has 0 bridgehead atoms. The van der Waals surface area contributed by atoms with Crippen molar-refractivity contribution in [1.29, 1.82) is 0 Å². The molecule has 0 spiro atoms. The zero-order chi connectivity index (χ0) is 15.1. The topological polar surface area (TPSA) is 27.7 Å². The molecule has 0 heterocycles. The predicted molar refractivity (Wildman–Crippen MR) is 84.6 cm³/mol. The van der Waals surface area contributed by atoms with Crippen molar-refractivity contribution in [2.75, 3.05) is 21.3 Å². The third-order valence-electron chi connectivity index (χ3n) is 3.53. The van der Waals surface area contributed by atoms with Gasteiger partial charge in [0.25, 0.3) is 0 Å². The molecule has 4 heteroatoms. The van der Waals surface area contributed by atoms with Gasteiger partial charge in [-0.25, -0.2) is 0 Å². The second kappa shape index (κ2) is 16.0. The maximum Gasteiger partial charge on any atom is 0.453 e. The van der Waals surface area contributed by atoms with Crippen LogP contribution in [-0.2, 0) is 14.0 Å². The zero-order valence-electron chi connectivity index (χ0n) is 14.2. The van der Waals surface area contributed by atoms with Gasteiger partial charge in [0, 0.05) is 21.3 Å². The average molecular weight is 274 g/mol. The van der Waals surface area contributed by atoms with Gasteiger partial charge in [-0.2, -0.15) is 0 Å². The lowest BCUT2D eigenvalue weighted by atomic mass is 9.91. The van der Waals surface area contributed by atoms with Gasteiger partial charge >= 0.3 is 7.12 Å². The normalized spacial score (nSPS) is 16.6. The quantitative estimate of drug-likeness (QED) is 0.710. The SMILES string of the molecule is CC1CCCCC1.CCC(C)OC.COB(C)OC. The van der Waals surface area contributed by atoms with Crippen LogP contribution in [0.5, 0.6) is 0 Å². The minimum Gasteiger partial charge on any atom is -0.414 e. The van der Waals surface area contributed by atoms with Crippen LogP contribution in [0.1, 0.15) is 59.3 Å². The van der Waals surface area contributed by atoms with E-state index in [1.807, 2.05) is 6.82 Å². The Morgan fingerprint density at radius 1 is 1.05 bits per heavy atom. The van der Waals surface area contributed by atoms with Gasteiger partial charge in [0.05, 0.1) is 6.10 Å². The van der Waals surface area contributed by atoms with Gasteiger partial charge < -0.3 is 14.0 Å². The van der Waals surface area contributed by atoms with Gasteiger partial charge in [0.15, 0.2) is 0 Å². The first kappa shape index (κ1) is 21.2. The second-order valence-electron chi connectivity index (χ2n) is 5.24. The maximum absolute atomic E-state index is 4.90. The van der Waals surface area contributed by atoms with Crippen LogP contribution in [0, 0.1) is 5.92 Å². The summed E-state index contributed by atoms with van der Waals surface area (Å²) in [5.74, 6) is 1.04. The predicted octanol–water partition coefficient (Wildman–Crippen LogP) is 4.42. The van der Waals surface area contributed by atoms with Crippen molar-refractivity contribution in [1.82, 2.24) is 0 Å². The van der Waals surface area contributed by atoms with Crippen molar-refractivity contribution < 1.29 is 14.0 Å². The summed E-state index contributed by atoms with van der Waals surface area (Å²) in [5.41, 5.74) is 0. The van der Waals surface area contributed by atoms with Gasteiger partial charge in [-0.05, 0) is 26.1 Å². The number of hydrogen-bond donors (Lipinski definition) is 0. The Hall–Kier alpha value is -0.0551. The molecule has 1 rings (SSSR count). The molecule has 1 saturated carbocycles. The summed E-state index contributed by atoms with van der Waals surface area (Å²) >= 11 is 0. The largest absolute Gasteiger partial charge is 0.453 e. The first-order chi connectivity index (χ1) is 9.01. The van der Waals surface area contributed by atoms with Crippen molar-refractivity contribution >= 4 is 7.12 Å². The molecule has 0 aromatic heterocycles. The Balaban J connectivity index is 0. The van der Waals surface area contributed by atoms with Gasteiger partial charge in [-0.15, -0.1) is 0 Å². The van der Waals surface area contributed by atoms with E-state index in [1.165, 1.54) is 32.1 Å². The van der Waals surface area contributed by atoms with Crippen molar-refractivity contribution in [2.24, 2.45) is 5.92 Å². The highest BCUT2D eigenvalue weighted by molar-refractivity contribution is 6.42. The molecule has 0 amide bonds. The van der Waals surface area contributed by atoms with Gasteiger partial charge in [0.1, 0.15) is 0 Å². The molecule has 1 unspecified atom stereocenters. The van der Waals surface area contributed by atoms with E-state index in [4.69, 9.17) is 4.74 Å². The van der Waals surface area contributed by atoms with Gasteiger partial charge in [-0.1, -0.05) is 46.0 Å². The molecule has 0 aromatic carbocycles. The summed E-state index contributed by atoms with van der Waals surface area (Å²) in [6, 6.07) is 0. The van der Waals surface area contributed by atoms with E-state index in [1.54, 1.807) is 21.3 Å². The maximum atomic E-state index is 4.90. The van der Waals surface area contributed by atoms with Crippen LogP contribution in [0.25, 0.3) is 0 Å². The molecule has 0 N–H and O–H groups in total.